The average molecular weight is 283 g/mol. The highest BCUT2D eigenvalue weighted by molar-refractivity contribution is 7.07. The van der Waals surface area contributed by atoms with Crippen molar-refractivity contribution in [3.05, 3.63) is 10.6 Å². The summed E-state index contributed by atoms with van der Waals surface area (Å²) in [5.41, 5.74) is 0.614. The van der Waals surface area contributed by atoms with Gasteiger partial charge in [-0.25, -0.2) is 0 Å². The zero-order valence-corrected chi connectivity index (χ0v) is 11.8. The summed E-state index contributed by atoms with van der Waals surface area (Å²) in [5, 5.41) is 9.74. The van der Waals surface area contributed by atoms with Gasteiger partial charge in [0.1, 0.15) is 10.9 Å². The van der Waals surface area contributed by atoms with Crippen LogP contribution in [0.5, 0.6) is 0 Å². The van der Waals surface area contributed by atoms with Gasteiger partial charge < -0.3 is 15.5 Å². The first-order valence-electron chi connectivity index (χ1n) is 6.23. The molecule has 2 N–H and O–H groups in total. The first kappa shape index (κ1) is 13.9. The predicted molar refractivity (Wildman–Crippen MR) is 71.0 cm³/mol. The van der Waals surface area contributed by atoms with E-state index in [1.807, 2.05) is 6.92 Å². The molecule has 0 aromatic carbocycles. The van der Waals surface area contributed by atoms with Gasteiger partial charge in [0.15, 0.2) is 0 Å². The lowest BCUT2D eigenvalue weighted by molar-refractivity contribution is -0.126. The minimum atomic E-state index is -0.470. The molecule has 0 bridgehead atoms. The summed E-state index contributed by atoms with van der Waals surface area (Å²) in [6, 6.07) is -0.470. The molecule has 1 atom stereocenters. The van der Waals surface area contributed by atoms with Gasteiger partial charge in [0.05, 0.1) is 5.69 Å². The number of aryl methyl sites for hydroxylation is 1. The van der Waals surface area contributed by atoms with Crippen LogP contribution in [0.2, 0.25) is 0 Å². The van der Waals surface area contributed by atoms with Crippen LogP contribution in [0.1, 0.15) is 22.3 Å². The van der Waals surface area contributed by atoms with Crippen LogP contribution in [0.25, 0.3) is 0 Å². The highest BCUT2D eigenvalue weighted by atomic mass is 32.1. The molecule has 1 aliphatic heterocycles. The molecule has 2 heterocycles. The third kappa shape index (κ3) is 2.90. The molecule has 1 unspecified atom stereocenters. The maximum absolute atomic E-state index is 12.4. The van der Waals surface area contributed by atoms with E-state index in [4.69, 9.17) is 0 Å². The second-order valence-corrected chi connectivity index (χ2v) is 5.05. The van der Waals surface area contributed by atoms with Crippen molar-refractivity contribution in [2.45, 2.75) is 19.9 Å². The molecular formula is C11H17N5O2S. The molecule has 8 heteroatoms. The van der Waals surface area contributed by atoms with Crippen LogP contribution in [0, 0.1) is 6.92 Å². The largest absolute Gasteiger partial charge is 0.355 e. The van der Waals surface area contributed by atoms with E-state index in [0.29, 0.717) is 36.8 Å². The van der Waals surface area contributed by atoms with E-state index in [9.17, 15) is 9.59 Å². The maximum Gasteiger partial charge on any atom is 0.268 e. The van der Waals surface area contributed by atoms with E-state index in [1.54, 1.807) is 11.8 Å². The monoisotopic (exact) mass is 283 g/mol. The molecular weight excluding hydrogens is 266 g/mol. The van der Waals surface area contributed by atoms with Gasteiger partial charge in [-0.1, -0.05) is 4.49 Å². The quantitative estimate of drug-likeness (QED) is 0.773. The number of likely N-dealkylation sites (N-methyl/N-ethyl adjacent to an activating group) is 1. The molecule has 104 valence electrons. The fourth-order valence-electron chi connectivity index (χ4n) is 2.03. The van der Waals surface area contributed by atoms with Crippen molar-refractivity contribution < 1.29 is 9.59 Å². The number of hydrogen-bond donors (Lipinski definition) is 2. The van der Waals surface area contributed by atoms with E-state index < -0.39 is 6.04 Å². The van der Waals surface area contributed by atoms with Gasteiger partial charge in [-0.3, -0.25) is 9.59 Å². The number of nitrogens with one attached hydrogen (secondary N) is 2. The molecule has 0 saturated carbocycles. The molecule has 1 aliphatic rings. The number of carbonyl (C=O) groups excluding carboxylic acids is 2. The lowest BCUT2D eigenvalue weighted by Crippen LogP contribution is -2.59. The van der Waals surface area contributed by atoms with Crippen LogP contribution < -0.4 is 10.6 Å². The summed E-state index contributed by atoms with van der Waals surface area (Å²) in [7, 11) is 0. The zero-order valence-electron chi connectivity index (χ0n) is 11.0. The van der Waals surface area contributed by atoms with Crippen molar-refractivity contribution in [3.8, 4) is 0 Å². The van der Waals surface area contributed by atoms with E-state index in [-0.39, 0.29) is 11.8 Å². The summed E-state index contributed by atoms with van der Waals surface area (Å²) in [5.74, 6) is -0.288. The lowest BCUT2D eigenvalue weighted by Gasteiger charge is -2.34. The van der Waals surface area contributed by atoms with Crippen LogP contribution >= 0.6 is 11.5 Å². The minimum absolute atomic E-state index is 0.127. The summed E-state index contributed by atoms with van der Waals surface area (Å²) in [6.45, 7) is 5.84. The Morgan fingerprint density at radius 3 is 3.00 bits per heavy atom. The fraction of sp³-hybridized carbons (Fsp3) is 0.636. The number of piperazine rings is 1. The lowest BCUT2D eigenvalue weighted by atomic mass is 10.1. The molecule has 2 rings (SSSR count). The maximum atomic E-state index is 12.4. The number of nitrogens with zero attached hydrogens (tertiary/aromatic N) is 3. The fourth-order valence-corrected chi connectivity index (χ4v) is 2.65. The standard InChI is InChI=1S/C11H17N5O2S/c1-3-13-10(17)8-6-12-4-5-16(8)11(18)9-7(2)14-15-19-9/h8,12H,3-6H2,1-2H3,(H,13,17). The molecule has 1 fully saturated rings. The average Bonchev–Trinajstić information content (AvgIpc) is 2.84. The van der Waals surface area contributed by atoms with Crippen molar-refractivity contribution in [2.24, 2.45) is 0 Å². The van der Waals surface area contributed by atoms with Gasteiger partial charge >= 0.3 is 0 Å². The number of carbonyl (C=O) groups is 2. The Morgan fingerprint density at radius 2 is 2.37 bits per heavy atom. The van der Waals surface area contributed by atoms with Crippen molar-refractivity contribution >= 4 is 23.3 Å². The van der Waals surface area contributed by atoms with E-state index >= 15 is 0 Å². The van der Waals surface area contributed by atoms with Gasteiger partial charge in [-0.15, -0.1) is 5.10 Å². The Balaban J connectivity index is 2.18. The van der Waals surface area contributed by atoms with E-state index in [1.165, 1.54) is 0 Å². The van der Waals surface area contributed by atoms with E-state index in [0.717, 1.165) is 11.5 Å². The molecule has 19 heavy (non-hydrogen) atoms. The van der Waals surface area contributed by atoms with Crippen LogP contribution in [0.3, 0.4) is 0 Å². The summed E-state index contributed by atoms with van der Waals surface area (Å²) < 4.78 is 3.77. The predicted octanol–water partition coefficient (Wildman–Crippen LogP) is -0.603. The van der Waals surface area contributed by atoms with Gasteiger partial charge in [0.2, 0.25) is 5.91 Å². The number of amides is 2. The third-order valence-corrected chi connectivity index (χ3v) is 3.82. The van der Waals surface area contributed by atoms with Crippen LogP contribution in [0.15, 0.2) is 0 Å². The molecule has 2 amide bonds. The van der Waals surface area contributed by atoms with Crippen molar-refractivity contribution in [1.29, 1.82) is 0 Å². The molecule has 7 nitrogen and oxygen atoms in total. The second kappa shape index (κ2) is 6.07. The van der Waals surface area contributed by atoms with Gasteiger partial charge in [-0.05, 0) is 25.4 Å². The summed E-state index contributed by atoms with van der Waals surface area (Å²) in [6.07, 6.45) is 0. The van der Waals surface area contributed by atoms with Gasteiger partial charge in [0.25, 0.3) is 5.91 Å². The first-order chi connectivity index (χ1) is 9.15. The molecule has 0 radical (unpaired) electrons. The van der Waals surface area contributed by atoms with Crippen LogP contribution in [-0.2, 0) is 4.79 Å². The molecule has 1 aromatic heterocycles. The highest BCUT2D eigenvalue weighted by Crippen LogP contribution is 2.16. The molecule has 0 aliphatic carbocycles. The second-order valence-electron chi connectivity index (χ2n) is 4.30. The van der Waals surface area contributed by atoms with Crippen LogP contribution in [-0.4, -0.2) is 58.5 Å². The number of aromatic nitrogens is 2. The Hall–Kier alpha value is -1.54. The van der Waals surface area contributed by atoms with Crippen molar-refractivity contribution in [3.63, 3.8) is 0 Å². The Bertz CT molecular complexity index is 475. The van der Waals surface area contributed by atoms with Gasteiger partial charge in [-0.2, -0.15) is 0 Å². The first-order valence-corrected chi connectivity index (χ1v) is 7.00. The topological polar surface area (TPSA) is 87.2 Å². The number of hydrogen-bond acceptors (Lipinski definition) is 6. The smallest absolute Gasteiger partial charge is 0.268 e. The number of rotatable bonds is 3. The Labute approximate surface area is 115 Å². The minimum Gasteiger partial charge on any atom is -0.355 e. The highest BCUT2D eigenvalue weighted by Gasteiger charge is 2.33. The third-order valence-electron chi connectivity index (χ3n) is 3.00. The Morgan fingerprint density at radius 1 is 1.58 bits per heavy atom. The molecule has 1 aromatic rings. The Kier molecular flexibility index (Phi) is 4.43. The van der Waals surface area contributed by atoms with Crippen molar-refractivity contribution in [2.75, 3.05) is 26.2 Å². The van der Waals surface area contributed by atoms with E-state index in [2.05, 4.69) is 20.2 Å². The zero-order chi connectivity index (χ0) is 13.8. The SMILES string of the molecule is CCNC(=O)C1CNCCN1C(=O)c1snnc1C. The summed E-state index contributed by atoms with van der Waals surface area (Å²) in [4.78, 5) is 26.6. The molecule has 1 saturated heterocycles. The normalized spacial score (nSPS) is 19.3. The molecule has 0 spiro atoms. The summed E-state index contributed by atoms with van der Waals surface area (Å²) >= 11 is 1.07. The van der Waals surface area contributed by atoms with Gasteiger partial charge in [0, 0.05) is 26.2 Å². The van der Waals surface area contributed by atoms with Crippen LogP contribution in [0.4, 0.5) is 0 Å². The van der Waals surface area contributed by atoms with Crippen molar-refractivity contribution in [1.82, 2.24) is 25.1 Å².